The summed E-state index contributed by atoms with van der Waals surface area (Å²) in [7, 11) is 0. The molecular formula is C11H19N3S. The van der Waals surface area contributed by atoms with Gasteiger partial charge in [-0.15, -0.1) is 16.9 Å². The molecule has 15 heavy (non-hydrogen) atoms. The Kier molecular flexibility index (Phi) is 4.54. The number of thioether (sulfide) groups is 1. The Morgan fingerprint density at radius 2 is 1.93 bits per heavy atom. The van der Waals surface area contributed by atoms with Crippen molar-refractivity contribution in [2.24, 2.45) is 11.7 Å². The molecule has 0 aliphatic carbocycles. The summed E-state index contributed by atoms with van der Waals surface area (Å²) in [6.45, 7) is 8.97. The van der Waals surface area contributed by atoms with Crippen LogP contribution in [0.3, 0.4) is 0 Å². The Morgan fingerprint density at radius 3 is 2.47 bits per heavy atom. The molecule has 3 nitrogen and oxygen atoms in total. The molecule has 0 saturated heterocycles. The monoisotopic (exact) mass is 225 g/mol. The van der Waals surface area contributed by atoms with Crippen LogP contribution >= 0.6 is 11.8 Å². The van der Waals surface area contributed by atoms with Crippen molar-refractivity contribution in [1.82, 2.24) is 10.2 Å². The van der Waals surface area contributed by atoms with E-state index in [1.165, 1.54) is 5.56 Å². The molecule has 0 spiro atoms. The minimum Gasteiger partial charge on any atom is -0.326 e. The van der Waals surface area contributed by atoms with Gasteiger partial charge in [-0.25, -0.2) is 0 Å². The van der Waals surface area contributed by atoms with Crippen LogP contribution in [0.25, 0.3) is 0 Å². The molecule has 1 aromatic rings. The second-order valence-electron chi connectivity index (χ2n) is 4.10. The van der Waals surface area contributed by atoms with Gasteiger partial charge in [0.15, 0.2) is 0 Å². The zero-order chi connectivity index (χ0) is 11.4. The fourth-order valence-corrected chi connectivity index (χ4v) is 2.24. The maximum Gasteiger partial charge on any atom is 0.124 e. The van der Waals surface area contributed by atoms with E-state index in [4.69, 9.17) is 5.73 Å². The lowest BCUT2D eigenvalue weighted by atomic mass is 10.1. The summed E-state index contributed by atoms with van der Waals surface area (Å²) in [6.07, 6.45) is 0. The lowest BCUT2D eigenvalue weighted by Crippen LogP contribution is -2.07. The second kappa shape index (κ2) is 5.47. The summed E-state index contributed by atoms with van der Waals surface area (Å²) in [4.78, 5) is 0. The van der Waals surface area contributed by atoms with Gasteiger partial charge in [-0.2, -0.15) is 5.10 Å². The van der Waals surface area contributed by atoms with Gasteiger partial charge in [0, 0.05) is 17.9 Å². The van der Waals surface area contributed by atoms with E-state index in [1.807, 2.05) is 6.92 Å². The third kappa shape index (κ3) is 3.18. The summed E-state index contributed by atoms with van der Waals surface area (Å²) < 4.78 is 0. The van der Waals surface area contributed by atoms with Gasteiger partial charge in [-0.3, -0.25) is 0 Å². The first kappa shape index (κ1) is 12.5. The van der Waals surface area contributed by atoms with E-state index in [9.17, 15) is 0 Å². The lowest BCUT2D eigenvalue weighted by Gasteiger charge is -2.11. The molecule has 0 aliphatic heterocycles. The number of aryl methyl sites for hydroxylation is 1. The van der Waals surface area contributed by atoms with Gasteiger partial charge in [0.2, 0.25) is 0 Å². The number of aromatic nitrogens is 2. The molecule has 4 heteroatoms. The van der Waals surface area contributed by atoms with Gasteiger partial charge in [-0.1, -0.05) is 13.8 Å². The Hall–Kier alpha value is -0.610. The predicted molar refractivity (Wildman–Crippen MR) is 65.0 cm³/mol. The van der Waals surface area contributed by atoms with Crippen molar-refractivity contribution < 1.29 is 0 Å². The molecule has 84 valence electrons. The first-order valence-corrected chi connectivity index (χ1v) is 6.20. The first-order valence-electron chi connectivity index (χ1n) is 5.21. The van der Waals surface area contributed by atoms with Crippen LogP contribution in [0.15, 0.2) is 5.03 Å². The van der Waals surface area contributed by atoms with Crippen LogP contribution in [-0.4, -0.2) is 16.0 Å². The molecule has 1 aromatic heterocycles. The van der Waals surface area contributed by atoms with Gasteiger partial charge in [0.25, 0.3) is 0 Å². The van der Waals surface area contributed by atoms with E-state index in [0.717, 1.165) is 22.0 Å². The fraction of sp³-hybridized carbons (Fsp3) is 0.636. The molecule has 0 aromatic carbocycles. The number of hydrogen-bond donors (Lipinski definition) is 1. The summed E-state index contributed by atoms with van der Waals surface area (Å²) >= 11 is 1.75. The minimum atomic E-state index is 0.544. The molecule has 0 atom stereocenters. The van der Waals surface area contributed by atoms with E-state index < -0.39 is 0 Å². The molecule has 0 amide bonds. The maximum absolute atomic E-state index is 5.75. The molecule has 1 rings (SSSR count). The van der Waals surface area contributed by atoms with E-state index in [-0.39, 0.29) is 0 Å². The Bertz CT molecular complexity index is 337. The lowest BCUT2D eigenvalue weighted by molar-refractivity contribution is 0.745. The molecule has 0 bridgehead atoms. The van der Waals surface area contributed by atoms with E-state index >= 15 is 0 Å². The van der Waals surface area contributed by atoms with Crippen molar-refractivity contribution in [3.05, 3.63) is 16.8 Å². The highest BCUT2D eigenvalue weighted by Crippen LogP contribution is 2.24. The summed E-state index contributed by atoms with van der Waals surface area (Å²) in [5.41, 5.74) is 9.05. The average Bonchev–Trinajstić information content (AvgIpc) is 2.19. The van der Waals surface area contributed by atoms with Crippen LogP contribution in [-0.2, 0) is 6.54 Å². The van der Waals surface area contributed by atoms with Crippen molar-refractivity contribution in [2.75, 3.05) is 5.75 Å². The van der Waals surface area contributed by atoms with Gasteiger partial charge in [0.1, 0.15) is 5.03 Å². The minimum absolute atomic E-state index is 0.544. The van der Waals surface area contributed by atoms with Gasteiger partial charge >= 0.3 is 0 Å². The van der Waals surface area contributed by atoms with E-state index in [2.05, 4.69) is 31.0 Å². The Morgan fingerprint density at radius 1 is 1.27 bits per heavy atom. The Labute approximate surface area is 95.9 Å². The topological polar surface area (TPSA) is 51.8 Å². The summed E-state index contributed by atoms with van der Waals surface area (Å²) in [6, 6.07) is 0. The predicted octanol–water partition coefficient (Wildman–Crippen LogP) is 2.30. The summed E-state index contributed by atoms with van der Waals surface area (Å²) in [5, 5.41) is 9.35. The van der Waals surface area contributed by atoms with Crippen LogP contribution in [0, 0.1) is 19.8 Å². The zero-order valence-electron chi connectivity index (χ0n) is 9.87. The SMILES string of the molecule is Cc1nnc(SCC(C)C)c(CN)c1C. The molecule has 0 radical (unpaired) electrons. The van der Waals surface area contributed by atoms with Crippen LogP contribution in [0.2, 0.25) is 0 Å². The smallest absolute Gasteiger partial charge is 0.124 e. The van der Waals surface area contributed by atoms with Gasteiger partial charge in [0.05, 0.1) is 5.69 Å². The van der Waals surface area contributed by atoms with Crippen molar-refractivity contribution in [1.29, 1.82) is 0 Å². The highest BCUT2D eigenvalue weighted by atomic mass is 32.2. The quantitative estimate of drug-likeness (QED) is 0.799. The van der Waals surface area contributed by atoms with E-state index in [0.29, 0.717) is 12.5 Å². The molecule has 0 aliphatic rings. The van der Waals surface area contributed by atoms with Crippen molar-refractivity contribution >= 4 is 11.8 Å². The van der Waals surface area contributed by atoms with Crippen LogP contribution in [0.4, 0.5) is 0 Å². The molecule has 0 saturated carbocycles. The van der Waals surface area contributed by atoms with Gasteiger partial charge < -0.3 is 5.73 Å². The van der Waals surface area contributed by atoms with Crippen LogP contribution < -0.4 is 5.73 Å². The Balaban J connectivity index is 2.92. The highest BCUT2D eigenvalue weighted by molar-refractivity contribution is 7.99. The fourth-order valence-electron chi connectivity index (χ4n) is 1.24. The number of rotatable bonds is 4. The van der Waals surface area contributed by atoms with Crippen molar-refractivity contribution in [3.63, 3.8) is 0 Å². The number of nitrogens with zero attached hydrogens (tertiary/aromatic N) is 2. The largest absolute Gasteiger partial charge is 0.326 e. The van der Waals surface area contributed by atoms with Gasteiger partial charge in [-0.05, 0) is 25.3 Å². The van der Waals surface area contributed by atoms with Crippen molar-refractivity contribution in [3.8, 4) is 0 Å². The molecule has 1 heterocycles. The van der Waals surface area contributed by atoms with Crippen molar-refractivity contribution in [2.45, 2.75) is 39.3 Å². The van der Waals surface area contributed by atoms with Crippen LogP contribution in [0.5, 0.6) is 0 Å². The molecule has 0 fully saturated rings. The average molecular weight is 225 g/mol. The number of nitrogens with two attached hydrogens (primary N) is 1. The maximum atomic E-state index is 5.75. The third-order valence-electron chi connectivity index (χ3n) is 2.30. The summed E-state index contributed by atoms with van der Waals surface area (Å²) in [5.74, 6) is 1.72. The highest BCUT2D eigenvalue weighted by Gasteiger charge is 2.10. The first-order chi connectivity index (χ1) is 7.06. The normalized spacial score (nSPS) is 11.1. The molecule has 0 unspecified atom stereocenters. The molecule has 2 N–H and O–H groups in total. The third-order valence-corrected chi connectivity index (χ3v) is 3.74. The standard InChI is InChI=1S/C11H19N3S/c1-7(2)6-15-11-10(5-12)8(3)9(4)13-14-11/h7H,5-6,12H2,1-4H3. The van der Waals surface area contributed by atoms with Crippen LogP contribution in [0.1, 0.15) is 30.7 Å². The molecular weight excluding hydrogens is 206 g/mol. The van der Waals surface area contributed by atoms with E-state index in [1.54, 1.807) is 11.8 Å². The second-order valence-corrected chi connectivity index (χ2v) is 5.11. The number of hydrogen-bond acceptors (Lipinski definition) is 4. The zero-order valence-corrected chi connectivity index (χ0v) is 10.7.